The molecule has 0 aliphatic carbocycles. The van der Waals surface area contributed by atoms with Gasteiger partial charge in [-0.15, -0.1) is 0 Å². The van der Waals surface area contributed by atoms with Crippen molar-refractivity contribution in [1.29, 1.82) is 0 Å². The molecule has 0 aromatic heterocycles. The van der Waals surface area contributed by atoms with E-state index < -0.39 is 12.0 Å². The van der Waals surface area contributed by atoms with Crippen LogP contribution in [0.2, 0.25) is 0 Å². The normalized spacial score (nSPS) is 13.2. The van der Waals surface area contributed by atoms with Crippen LogP contribution in [0.15, 0.2) is 0 Å². The monoisotopic (exact) mass is 117 g/mol. The highest BCUT2D eigenvalue weighted by molar-refractivity contribution is 5.73. The van der Waals surface area contributed by atoms with Crippen molar-refractivity contribution in [2.24, 2.45) is 0 Å². The van der Waals surface area contributed by atoms with Crippen molar-refractivity contribution in [2.75, 3.05) is 13.6 Å². The maximum absolute atomic E-state index is 9.86. The number of rotatable bonds is 3. The van der Waals surface area contributed by atoms with E-state index in [0.29, 0.717) is 0 Å². The highest BCUT2D eigenvalue weighted by Gasteiger charge is 2.08. The Morgan fingerprint density at radius 3 is 2.62 bits per heavy atom. The van der Waals surface area contributed by atoms with Crippen LogP contribution in [0.1, 0.15) is 0 Å². The Bertz CT molecular complexity index is 84.1. The van der Waals surface area contributed by atoms with Crippen LogP contribution in [0.25, 0.3) is 0 Å². The Kier molecular flexibility index (Phi) is 3.14. The van der Waals surface area contributed by atoms with Gasteiger partial charge in [-0.05, 0) is 7.05 Å². The second-order valence-electron chi connectivity index (χ2n) is 1.45. The van der Waals surface area contributed by atoms with E-state index in [4.69, 9.17) is 10.8 Å². The van der Waals surface area contributed by atoms with Crippen molar-refractivity contribution in [1.82, 2.24) is 11.1 Å². The predicted molar refractivity (Wildman–Crippen MR) is 28.4 cm³/mol. The van der Waals surface area contributed by atoms with E-state index >= 15 is 0 Å². The van der Waals surface area contributed by atoms with Gasteiger partial charge in [0.2, 0.25) is 0 Å². The van der Waals surface area contributed by atoms with Crippen LogP contribution in [0, 0.1) is 0 Å². The number of hydrogen-bond acceptors (Lipinski definition) is 2. The molecule has 8 heavy (non-hydrogen) atoms. The summed E-state index contributed by atoms with van der Waals surface area (Å²) in [4.78, 5) is 9.86. The Labute approximate surface area is 47.7 Å². The zero-order chi connectivity index (χ0) is 6.57. The first-order chi connectivity index (χ1) is 3.68. The Hall–Kier alpha value is -0.610. The third kappa shape index (κ3) is 2.54. The first kappa shape index (κ1) is 7.39. The lowest BCUT2D eigenvalue weighted by atomic mass is 10.3. The molecule has 0 aliphatic rings. The second kappa shape index (κ2) is 3.40. The van der Waals surface area contributed by atoms with Gasteiger partial charge in [-0.25, -0.2) is 5.73 Å². The lowest BCUT2D eigenvalue weighted by molar-refractivity contribution is -0.138. The average molecular weight is 117 g/mol. The van der Waals surface area contributed by atoms with Gasteiger partial charge in [-0.1, -0.05) is 0 Å². The maximum atomic E-state index is 9.86. The van der Waals surface area contributed by atoms with Gasteiger partial charge in [0.1, 0.15) is 6.04 Å². The predicted octanol–water partition coefficient (Wildman–Crippen LogP) is -1.06. The van der Waals surface area contributed by atoms with E-state index in [1.54, 1.807) is 7.05 Å². The summed E-state index contributed by atoms with van der Waals surface area (Å²) in [5.41, 5.74) is 6.76. The number of carboxylic acids is 1. The molecule has 0 aromatic rings. The van der Waals surface area contributed by atoms with Crippen LogP contribution in [0.5, 0.6) is 0 Å². The van der Waals surface area contributed by atoms with Crippen molar-refractivity contribution in [2.45, 2.75) is 6.04 Å². The summed E-state index contributed by atoms with van der Waals surface area (Å²) in [7, 11) is 1.62. The smallest absolute Gasteiger partial charge is 0.323 e. The molecule has 0 rings (SSSR count). The molecule has 0 amide bonds. The lowest BCUT2D eigenvalue weighted by Gasteiger charge is -2.00. The van der Waals surface area contributed by atoms with Crippen LogP contribution < -0.4 is 11.1 Å². The largest absolute Gasteiger partial charge is 0.480 e. The molecule has 4 nitrogen and oxygen atoms in total. The molecule has 0 aromatic carbocycles. The molecular weight excluding hydrogens is 108 g/mol. The minimum atomic E-state index is -1.08. The number of aliphatic carboxylic acids is 1. The maximum Gasteiger partial charge on any atom is 0.323 e. The first-order valence-corrected chi connectivity index (χ1v) is 2.27. The van der Waals surface area contributed by atoms with Gasteiger partial charge in [-0.2, -0.15) is 0 Å². The Balaban J connectivity index is 3.32. The third-order valence-corrected chi connectivity index (χ3v) is 0.706. The van der Waals surface area contributed by atoms with Gasteiger partial charge in [0.05, 0.1) is 0 Å². The zero-order valence-corrected chi connectivity index (χ0v) is 4.64. The molecule has 0 bridgehead atoms. The number of nitrogens with one attached hydrogen (secondary N) is 2. The molecule has 47 valence electrons. The number of likely N-dealkylation sites (N-methyl/N-ethyl adjacent to an activating group) is 1. The fraction of sp³-hybridized carbons (Fsp3) is 0.750. The molecule has 0 fully saturated rings. The number of carboxylic acid groups (broad SMARTS) is 1. The minimum absolute atomic E-state index is 0.204. The third-order valence-electron chi connectivity index (χ3n) is 0.706. The number of hydrogen-bond donors (Lipinski definition) is 2. The van der Waals surface area contributed by atoms with Gasteiger partial charge in [0, 0.05) is 6.54 Å². The molecule has 4 heteroatoms. The molecule has 1 atom stereocenters. The van der Waals surface area contributed by atoms with Crippen LogP contribution in [-0.2, 0) is 4.79 Å². The van der Waals surface area contributed by atoms with E-state index in [1.807, 2.05) is 0 Å². The molecule has 3 N–H and O–H groups in total. The summed E-state index contributed by atoms with van der Waals surface area (Å²) in [6.45, 7) is 0.204. The molecule has 0 heterocycles. The fourth-order valence-electron chi connectivity index (χ4n) is 0.291. The second-order valence-corrected chi connectivity index (χ2v) is 1.45. The molecule has 1 radical (unpaired) electrons. The molecule has 0 saturated carbocycles. The van der Waals surface area contributed by atoms with Gasteiger partial charge < -0.3 is 10.4 Å². The first-order valence-electron chi connectivity index (χ1n) is 2.27. The van der Waals surface area contributed by atoms with Crippen molar-refractivity contribution in [3.8, 4) is 0 Å². The van der Waals surface area contributed by atoms with Crippen molar-refractivity contribution >= 4 is 5.97 Å². The van der Waals surface area contributed by atoms with Gasteiger partial charge in [0.15, 0.2) is 0 Å². The van der Waals surface area contributed by atoms with Gasteiger partial charge >= 0.3 is 5.97 Å². The van der Waals surface area contributed by atoms with E-state index in [9.17, 15) is 4.79 Å². The molecule has 0 spiro atoms. The molecular formula is C4H9N2O2. The zero-order valence-electron chi connectivity index (χ0n) is 4.64. The summed E-state index contributed by atoms with van der Waals surface area (Å²) in [5.74, 6) is -1.08. The van der Waals surface area contributed by atoms with Gasteiger partial charge in [-0.3, -0.25) is 4.79 Å². The molecule has 1 unspecified atom stereocenters. The van der Waals surface area contributed by atoms with Crippen molar-refractivity contribution in [3.63, 3.8) is 0 Å². The average Bonchev–Trinajstić information content (AvgIpc) is 1.67. The summed E-state index contributed by atoms with van der Waals surface area (Å²) < 4.78 is 0. The standard InChI is InChI=1S/C4H9N2O2/c1-6-2-3(5)4(7)8/h3,5-6H,2H2,1H3,(H,7,8). The highest BCUT2D eigenvalue weighted by Crippen LogP contribution is 1.74. The van der Waals surface area contributed by atoms with E-state index in [-0.39, 0.29) is 6.54 Å². The molecule has 0 aliphatic heterocycles. The van der Waals surface area contributed by atoms with E-state index in [2.05, 4.69) is 5.32 Å². The fourth-order valence-corrected chi connectivity index (χ4v) is 0.291. The number of carbonyl (C=O) groups is 1. The topological polar surface area (TPSA) is 73.1 Å². The summed E-state index contributed by atoms with van der Waals surface area (Å²) >= 11 is 0. The highest BCUT2D eigenvalue weighted by atomic mass is 16.4. The van der Waals surface area contributed by atoms with E-state index in [0.717, 1.165) is 0 Å². The lowest BCUT2D eigenvalue weighted by Crippen LogP contribution is -2.32. The molecule has 0 saturated heterocycles. The van der Waals surface area contributed by atoms with Crippen molar-refractivity contribution in [3.05, 3.63) is 0 Å². The summed E-state index contributed by atoms with van der Waals surface area (Å²) in [6, 6.07) is -1.03. The van der Waals surface area contributed by atoms with Crippen LogP contribution in [0.3, 0.4) is 0 Å². The Morgan fingerprint density at radius 2 is 2.50 bits per heavy atom. The summed E-state index contributed by atoms with van der Waals surface area (Å²) in [6.07, 6.45) is 0. The van der Waals surface area contributed by atoms with Gasteiger partial charge in [0.25, 0.3) is 0 Å². The van der Waals surface area contributed by atoms with Crippen LogP contribution >= 0.6 is 0 Å². The van der Waals surface area contributed by atoms with Crippen molar-refractivity contribution < 1.29 is 9.90 Å². The minimum Gasteiger partial charge on any atom is -0.480 e. The van der Waals surface area contributed by atoms with E-state index in [1.165, 1.54) is 0 Å². The quantitative estimate of drug-likeness (QED) is 0.495. The summed E-state index contributed by atoms with van der Waals surface area (Å²) in [5, 5.41) is 10.7. The van der Waals surface area contributed by atoms with Crippen LogP contribution in [0.4, 0.5) is 0 Å². The SMILES string of the molecule is CNCC([NH])C(=O)O. The Morgan fingerprint density at radius 1 is 2.00 bits per heavy atom. The van der Waals surface area contributed by atoms with Crippen LogP contribution in [-0.4, -0.2) is 30.7 Å².